The predicted molar refractivity (Wildman–Crippen MR) is 101 cm³/mol. The van der Waals surface area contributed by atoms with E-state index in [1.165, 1.54) is 0 Å². The first-order valence-electron chi connectivity index (χ1n) is 7.50. The van der Waals surface area contributed by atoms with Gasteiger partial charge in [-0.25, -0.2) is 5.84 Å². The van der Waals surface area contributed by atoms with Gasteiger partial charge in [-0.1, -0.05) is 29.3 Å². The monoisotopic (exact) mass is 385 g/mol. The van der Waals surface area contributed by atoms with E-state index in [4.69, 9.17) is 34.3 Å². The molecule has 130 valence electrons. The molecule has 7 nitrogen and oxygen atoms in total. The first kappa shape index (κ1) is 17.9. The van der Waals surface area contributed by atoms with Crippen molar-refractivity contribution >= 4 is 40.8 Å². The zero-order valence-corrected chi connectivity index (χ0v) is 14.9. The predicted octanol–water partition coefficient (Wildman–Crippen LogP) is 3.67. The van der Waals surface area contributed by atoms with Crippen LogP contribution < -0.4 is 16.6 Å². The highest BCUT2D eigenvalue weighted by Crippen LogP contribution is 2.26. The molecule has 1 heterocycles. The molecule has 0 aliphatic rings. The summed E-state index contributed by atoms with van der Waals surface area (Å²) in [6.07, 6.45) is 0.317. The molecule has 0 bridgehead atoms. The Hall–Kier alpha value is -2.92. The number of nitrogens with two attached hydrogens (primary N) is 1. The van der Waals surface area contributed by atoms with Gasteiger partial charge in [0, 0.05) is 22.2 Å². The van der Waals surface area contributed by atoms with Crippen LogP contribution in [0.4, 0.5) is 17.6 Å². The fraction of sp³-hybridized carbons (Fsp3) is 0.0588. The molecule has 2 aromatic carbocycles. The minimum absolute atomic E-state index is 0.203. The minimum atomic E-state index is 0.203. The molecule has 0 aliphatic carbocycles. The Kier molecular flexibility index (Phi) is 5.49. The van der Waals surface area contributed by atoms with Gasteiger partial charge in [0.05, 0.1) is 11.6 Å². The number of rotatable bonds is 5. The van der Waals surface area contributed by atoms with E-state index in [9.17, 15) is 0 Å². The smallest absolute Gasteiger partial charge is 0.242 e. The summed E-state index contributed by atoms with van der Waals surface area (Å²) in [5.41, 5.74) is 4.41. The summed E-state index contributed by atoms with van der Waals surface area (Å²) in [4.78, 5) is 12.8. The average molecular weight is 386 g/mol. The Morgan fingerprint density at radius 3 is 2.23 bits per heavy atom. The largest absolute Gasteiger partial charge is 0.324 e. The maximum absolute atomic E-state index is 8.86. The standard InChI is InChI=1S/C17H13Cl2N7/c18-13-2-1-3-14(19)12(13)8-15-23-16(25-17(24-15)26-21)22-11-6-4-10(9-20)5-7-11/h1-7H,8,21H2,(H2,22,23,24,25,26). The van der Waals surface area contributed by atoms with Gasteiger partial charge in [0.2, 0.25) is 11.9 Å². The first-order valence-corrected chi connectivity index (χ1v) is 8.26. The Bertz CT molecular complexity index is 948. The molecule has 1 aromatic heterocycles. The zero-order valence-electron chi connectivity index (χ0n) is 13.4. The van der Waals surface area contributed by atoms with Crippen molar-refractivity contribution in [3.63, 3.8) is 0 Å². The molecule has 4 N–H and O–H groups in total. The number of aromatic nitrogens is 3. The van der Waals surface area contributed by atoms with Crippen molar-refractivity contribution in [1.29, 1.82) is 5.26 Å². The lowest BCUT2D eigenvalue weighted by molar-refractivity contribution is 0.923. The summed E-state index contributed by atoms with van der Waals surface area (Å²) in [6.45, 7) is 0. The number of nitrogens with zero attached hydrogens (tertiary/aromatic N) is 4. The number of nitriles is 1. The lowest BCUT2D eigenvalue weighted by Gasteiger charge is -2.10. The maximum Gasteiger partial charge on any atom is 0.242 e. The lowest BCUT2D eigenvalue weighted by Crippen LogP contribution is -2.14. The number of hydrogen-bond donors (Lipinski definition) is 3. The number of nitrogens with one attached hydrogen (secondary N) is 2. The SMILES string of the molecule is N#Cc1ccc(Nc2nc(Cc3c(Cl)cccc3Cl)nc(NN)n2)cc1. The van der Waals surface area contributed by atoms with Crippen LogP contribution in [0.3, 0.4) is 0 Å². The van der Waals surface area contributed by atoms with E-state index < -0.39 is 0 Å². The third kappa shape index (κ3) is 4.18. The molecule has 3 rings (SSSR count). The second-order valence-electron chi connectivity index (χ2n) is 5.23. The molecule has 0 unspecified atom stereocenters. The Balaban J connectivity index is 1.90. The number of halogens is 2. The summed E-state index contributed by atoms with van der Waals surface area (Å²) in [7, 11) is 0. The van der Waals surface area contributed by atoms with Crippen LogP contribution in [0.25, 0.3) is 0 Å². The molecule has 0 amide bonds. The van der Waals surface area contributed by atoms with Crippen LogP contribution in [-0.2, 0) is 6.42 Å². The zero-order chi connectivity index (χ0) is 18.5. The van der Waals surface area contributed by atoms with Crippen LogP contribution in [0.1, 0.15) is 17.0 Å². The molecule has 26 heavy (non-hydrogen) atoms. The molecule has 0 saturated carbocycles. The molecule has 0 spiro atoms. The van der Waals surface area contributed by atoms with E-state index in [0.29, 0.717) is 39.4 Å². The van der Waals surface area contributed by atoms with Gasteiger partial charge in [-0.15, -0.1) is 0 Å². The average Bonchev–Trinajstić information content (AvgIpc) is 2.65. The van der Waals surface area contributed by atoms with Crippen molar-refractivity contribution in [2.45, 2.75) is 6.42 Å². The van der Waals surface area contributed by atoms with Gasteiger partial charge in [-0.05, 0) is 42.0 Å². The first-order chi connectivity index (χ1) is 12.6. The van der Waals surface area contributed by atoms with E-state index >= 15 is 0 Å². The van der Waals surface area contributed by atoms with Crippen molar-refractivity contribution in [3.05, 3.63) is 69.5 Å². The number of hydrazine groups is 1. The van der Waals surface area contributed by atoms with Gasteiger partial charge < -0.3 is 5.32 Å². The van der Waals surface area contributed by atoms with Crippen LogP contribution in [-0.4, -0.2) is 15.0 Å². The highest BCUT2D eigenvalue weighted by Gasteiger charge is 2.12. The van der Waals surface area contributed by atoms with Crippen molar-refractivity contribution in [2.75, 3.05) is 10.7 Å². The van der Waals surface area contributed by atoms with Gasteiger partial charge >= 0.3 is 0 Å². The van der Waals surface area contributed by atoms with E-state index in [2.05, 4.69) is 31.8 Å². The van der Waals surface area contributed by atoms with Gasteiger partial charge in [0.1, 0.15) is 5.82 Å². The summed E-state index contributed by atoms with van der Waals surface area (Å²) < 4.78 is 0. The summed E-state index contributed by atoms with van der Waals surface area (Å²) in [5.74, 6) is 6.40. The second-order valence-corrected chi connectivity index (χ2v) is 6.05. The van der Waals surface area contributed by atoms with Crippen molar-refractivity contribution in [2.24, 2.45) is 5.84 Å². The van der Waals surface area contributed by atoms with E-state index in [1.54, 1.807) is 42.5 Å². The van der Waals surface area contributed by atoms with Crippen LogP contribution in [0.15, 0.2) is 42.5 Å². The molecule has 0 aliphatic heterocycles. The lowest BCUT2D eigenvalue weighted by atomic mass is 10.1. The number of nitrogen functional groups attached to an aromatic ring is 1. The van der Waals surface area contributed by atoms with Gasteiger partial charge in [-0.2, -0.15) is 20.2 Å². The molecular formula is C17H13Cl2N7. The van der Waals surface area contributed by atoms with E-state index in [1.807, 2.05) is 0 Å². The molecule has 0 saturated heterocycles. The third-order valence-corrected chi connectivity index (χ3v) is 4.19. The minimum Gasteiger partial charge on any atom is -0.324 e. The van der Waals surface area contributed by atoms with Gasteiger partial charge in [0.25, 0.3) is 0 Å². The molecule has 3 aromatic rings. The maximum atomic E-state index is 8.86. The summed E-state index contributed by atoms with van der Waals surface area (Å²) >= 11 is 12.4. The van der Waals surface area contributed by atoms with Gasteiger partial charge in [-0.3, -0.25) is 5.43 Å². The fourth-order valence-corrected chi connectivity index (χ4v) is 2.77. The quantitative estimate of drug-likeness (QED) is 0.453. The second kappa shape index (κ2) is 7.97. The topological polar surface area (TPSA) is 113 Å². The number of benzene rings is 2. The number of anilines is 3. The third-order valence-electron chi connectivity index (χ3n) is 3.48. The summed E-state index contributed by atoms with van der Waals surface area (Å²) in [6, 6.07) is 14.2. The van der Waals surface area contributed by atoms with E-state index in [0.717, 1.165) is 5.69 Å². The van der Waals surface area contributed by atoms with Crippen molar-refractivity contribution < 1.29 is 0 Å². The highest BCUT2D eigenvalue weighted by molar-refractivity contribution is 6.36. The van der Waals surface area contributed by atoms with Crippen molar-refractivity contribution in [1.82, 2.24) is 15.0 Å². The summed E-state index contributed by atoms with van der Waals surface area (Å²) in [5, 5.41) is 13.0. The van der Waals surface area contributed by atoms with Crippen molar-refractivity contribution in [3.8, 4) is 6.07 Å². The normalized spacial score (nSPS) is 10.2. The Labute approximate surface area is 159 Å². The van der Waals surface area contributed by atoms with Gasteiger partial charge in [0.15, 0.2) is 0 Å². The number of hydrogen-bond acceptors (Lipinski definition) is 7. The fourth-order valence-electron chi connectivity index (χ4n) is 2.24. The van der Waals surface area contributed by atoms with Crippen LogP contribution in [0.5, 0.6) is 0 Å². The molecule has 0 radical (unpaired) electrons. The Morgan fingerprint density at radius 2 is 1.62 bits per heavy atom. The molecule has 9 heteroatoms. The van der Waals surface area contributed by atoms with Crippen LogP contribution >= 0.6 is 23.2 Å². The Morgan fingerprint density at radius 1 is 0.962 bits per heavy atom. The molecule has 0 atom stereocenters. The van der Waals surface area contributed by atoms with Crippen LogP contribution in [0.2, 0.25) is 10.0 Å². The molecule has 0 fully saturated rings. The van der Waals surface area contributed by atoms with E-state index in [-0.39, 0.29) is 5.95 Å². The molecular weight excluding hydrogens is 373 g/mol. The van der Waals surface area contributed by atoms with Crippen LogP contribution in [0, 0.1) is 11.3 Å². The highest BCUT2D eigenvalue weighted by atomic mass is 35.5.